The van der Waals surface area contributed by atoms with Gasteiger partial charge in [0, 0.05) is 5.75 Å². The van der Waals surface area contributed by atoms with Crippen LogP contribution in [0.15, 0.2) is 9.79 Å². The highest BCUT2D eigenvalue weighted by molar-refractivity contribution is 7.99. The molecule has 3 atom stereocenters. The van der Waals surface area contributed by atoms with E-state index in [4.69, 9.17) is 9.99 Å². The van der Waals surface area contributed by atoms with E-state index in [2.05, 4.69) is 30.1 Å². The van der Waals surface area contributed by atoms with E-state index in [-0.39, 0.29) is 30.5 Å². The largest absolute Gasteiger partial charge is 0.377 e. The number of thioether (sulfide) groups is 1. The summed E-state index contributed by atoms with van der Waals surface area (Å²) in [5.74, 6) is -4.60. The molecule has 10 heteroatoms. The number of benzene rings is 1. The zero-order valence-corrected chi connectivity index (χ0v) is 17.5. The predicted octanol–water partition coefficient (Wildman–Crippen LogP) is 6.24. The summed E-state index contributed by atoms with van der Waals surface area (Å²) >= 11 is 0.470. The lowest BCUT2D eigenvalue weighted by atomic mass is 9.76. The van der Waals surface area contributed by atoms with Gasteiger partial charge in [0.2, 0.25) is 0 Å². The lowest BCUT2D eigenvalue weighted by molar-refractivity contribution is -0.432. The highest BCUT2D eigenvalue weighted by Crippen LogP contribution is 2.37. The van der Waals surface area contributed by atoms with E-state index in [1.165, 1.54) is 0 Å². The van der Waals surface area contributed by atoms with Crippen LogP contribution in [0.4, 0.5) is 17.6 Å². The van der Waals surface area contributed by atoms with Gasteiger partial charge in [-0.3, -0.25) is 0 Å². The molecule has 4 nitrogen and oxygen atoms in total. The third-order valence-corrected chi connectivity index (χ3v) is 6.77. The maximum absolute atomic E-state index is 14.1. The van der Waals surface area contributed by atoms with Crippen LogP contribution in [0.5, 0.6) is 0 Å². The monoisotopic (exact) mass is 444 g/mol. The van der Waals surface area contributed by atoms with Gasteiger partial charge in [-0.15, -0.1) is 16.1 Å². The Kier molecular flexibility index (Phi) is 9.36. The smallest absolute Gasteiger partial charge is 0.179 e. The first-order chi connectivity index (χ1) is 13.3. The van der Waals surface area contributed by atoms with Crippen molar-refractivity contribution in [3.8, 4) is 0 Å². The summed E-state index contributed by atoms with van der Waals surface area (Å²) in [4.78, 5) is -1.84. The molecule has 160 valence electrons. The van der Waals surface area contributed by atoms with Gasteiger partial charge in [-0.1, -0.05) is 25.8 Å². The van der Waals surface area contributed by atoms with Gasteiger partial charge in [0.15, 0.2) is 23.3 Å². The normalized spacial score (nSPS) is 22.8. The Morgan fingerprint density at radius 3 is 2.21 bits per heavy atom. The van der Waals surface area contributed by atoms with E-state index in [1.54, 1.807) is 0 Å². The number of hydrogen-bond acceptors (Lipinski definition) is 6. The van der Waals surface area contributed by atoms with Crippen molar-refractivity contribution in [3.05, 3.63) is 23.3 Å². The van der Waals surface area contributed by atoms with E-state index in [0.717, 1.165) is 19.3 Å². The third-order valence-electron chi connectivity index (χ3n) is 5.10. The molecule has 1 aromatic rings. The van der Waals surface area contributed by atoms with E-state index in [1.807, 2.05) is 0 Å². The SMILES string of the molecule is CC(C)[C@H]1CC[C@H](C)C(OCCSc2c(F)c(F)c(SOOO)c(F)c2F)C1. The predicted molar refractivity (Wildman–Crippen MR) is 98.7 cm³/mol. The summed E-state index contributed by atoms with van der Waals surface area (Å²) in [6, 6.07) is 0. The molecule has 1 aliphatic carbocycles. The summed E-state index contributed by atoms with van der Waals surface area (Å²) in [5.41, 5.74) is 0. The van der Waals surface area contributed by atoms with Gasteiger partial charge in [-0.2, -0.15) is 0 Å². The molecule has 0 bridgehead atoms. The fraction of sp³-hybridized carbons (Fsp3) is 0.667. The van der Waals surface area contributed by atoms with Crippen molar-refractivity contribution in [2.75, 3.05) is 12.4 Å². The number of ether oxygens (including phenoxy) is 1. The molecule has 2 rings (SSSR count). The first-order valence-electron chi connectivity index (χ1n) is 9.02. The Balaban J connectivity index is 1.95. The zero-order valence-electron chi connectivity index (χ0n) is 15.8. The van der Waals surface area contributed by atoms with Crippen LogP contribution in [-0.4, -0.2) is 23.7 Å². The van der Waals surface area contributed by atoms with Crippen molar-refractivity contribution in [2.45, 2.75) is 55.9 Å². The highest BCUT2D eigenvalue weighted by Gasteiger charge is 2.30. The standard InChI is InChI=1S/C18H24F4O4S2/c1-9(2)11-5-4-10(3)12(8-11)24-6-7-27-17-13(19)15(21)18(28-26-25-23)16(22)14(17)20/h9-12,23H,4-8H2,1-3H3/t10-,11-,12?/m0/s1. The zero-order chi connectivity index (χ0) is 20.8. The van der Waals surface area contributed by atoms with Gasteiger partial charge in [0.05, 0.1) is 29.6 Å². The Morgan fingerprint density at radius 1 is 1.04 bits per heavy atom. The van der Waals surface area contributed by atoms with Gasteiger partial charge in [0.25, 0.3) is 0 Å². The van der Waals surface area contributed by atoms with Crippen LogP contribution in [0.3, 0.4) is 0 Å². The van der Waals surface area contributed by atoms with E-state index >= 15 is 0 Å². The topological polar surface area (TPSA) is 47.9 Å². The fourth-order valence-electron chi connectivity index (χ4n) is 3.33. The molecule has 28 heavy (non-hydrogen) atoms. The second kappa shape index (κ2) is 11.0. The van der Waals surface area contributed by atoms with Crippen LogP contribution in [0.2, 0.25) is 0 Å². The van der Waals surface area contributed by atoms with E-state index in [9.17, 15) is 17.6 Å². The summed E-state index contributed by atoms with van der Waals surface area (Å²) in [7, 11) is 0. The van der Waals surface area contributed by atoms with Gasteiger partial charge in [0.1, 0.15) is 4.90 Å². The Bertz CT molecular complexity index is 634. The van der Waals surface area contributed by atoms with Gasteiger partial charge >= 0.3 is 0 Å². The quantitative estimate of drug-likeness (QED) is 0.0925. The Labute approximate surface area is 170 Å². The van der Waals surface area contributed by atoms with Crippen LogP contribution in [0.1, 0.15) is 40.0 Å². The summed E-state index contributed by atoms with van der Waals surface area (Å²) < 4.78 is 65.8. The van der Waals surface area contributed by atoms with Crippen molar-refractivity contribution < 1.29 is 36.9 Å². The minimum Gasteiger partial charge on any atom is -0.377 e. The van der Waals surface area contributed by atoms with Crippen molar-refractivity contribution >= 4 is 23.8 Å². The number of halogens is 4. The Morgan fingerprint density at radius 2 is 1.64 bits per heavy atom. The number of rotatable bonds is 9. The molecule has 1 saturated carbocycles. The highest BCUT2D eigenvalue weighted by atomic mass is 32.2. The average molecular weight is 445 g/mol. The molecule has 0 spiro atoms. The first kappa shape index (κ1) is 23.8. The van der Waals surface area contributed by atoms with Crippen molar-refractivity contribution in [3.63, 3.8) is 0 Å². The minimum atomic E-state index is -1.62. The van der Waals surface area contributed by atoms with Crippen LogP contribution in [-0.2, 0) is 14.1 Å². The minimum absolute atomic E-state index is 0.0688. The lowest BCUT2D eigenvalue weighted by Gasteiger charge is -2.36. The van der Waals surface area contributed by atoms with Crippen molar-refractivity contribution in [1.82, 2.24) is 0 Å². The molecule has 1 aliphatic rings. The molecule has 0 aromatic heterocycles. The molecule has 0 heterocycles. The van der Waals surface area contributed by atoms with Crippen molar-refractivity contribution in [1.29, 1.82) is 0 Å². The van der Waals surface area contributed by atoms with Crippen LogP contribution >= 0.6 is 23.8 Å². The van der Waals surface area contributed by atoms with Crippen molar-refractivity contribution in [2.24, 2.45) is 17.8 Å². The van der Waals surface area contributed by atoms with Crippen LogP contribution < -0.4 is 0 Å². The number of hydrogen-bond donors (Lipinski definition) is 1. The molecule has 1 aromatic carbocycles. The lowest BCUT2D eigenvalue weighted by Crippen LogP contribution is -2.32. The molecule has 1 unspecified atom stereocenters. The third kappa shape index (κ3) is 5.76. The molecule has 0 saturated heterocycles. The van der Waals surface area contributed by atoms with Gasteiger partial charge < -0.3 is 4.74 Å². The van der Waals surface area contributed by atoms with Gasteiger partial charge in [-0.25, -0.2) is 22.8 Å². The van der Waals surface area contributed by atoms with Gasteiger partial charge in [-0.05, 0) is 37.0 Å². The second-order valence-electron chi connectivity index (χ2n) is 7.19. The molecule has 1 fully saturated rings. The second-order valence-corrected chi connectivity index (χ2v) is 9.01. The molecule has 0 amide bonds. The fourth-order valence-corrected chi connectivity index (χ4v) is 4.57. The van der Waals surface area contributed by atoms with Crippen LogP contribution in [0, 0.1) is 41.0 Å². The Hall–Kier alpha value is -0.520. The molecule has 0 aliphatic heterocycles. The summed E-state index contributed by atoms with van der Waals surface area (Å²) in [6.07, 6.45) is 3.24. The average Bonchev–Trinajstić information content (AvgIpc) is 2.67. The molecule has 0 radical (unpaired) electrons. The summed E-state index contributed by atoms with van der Waals surface area (Å²) in [6.45, 7) is 6.70. The maximum atomic E-state index is 14.1. The molecular formula is C18H24F4O4S2. The molecule has 1 N–H and O–H groups in total. The molecular weight excluding hydrogens is 420 g/mol. The summed E-state index contributed by atoms with van der Waals surface area (Å²) in [5, 5.41) is 11.2. The van der Waals surface area contributed by atoms with Crippen LogP contribution in [0.25, 0.3) is 0 Å². The maximum Gasteiger partial charge on any atom is 0.179 e. The first-order valence-corrected chi connectivity index (χ1v) is 10.8. The van der Waals surface area contributed by atoms with E-state index < -0.39 is 33.1 Å². The van der Waals surface area contributed by atoms with E-state index in [0.29, 0.717) is 29.5 Å².